The van der Waals surface area contributed by atoms with Crippen molar-refractivity contribution in [2.45, 2.75) is 25.7 Å². The molecule has 324 valence electrons. The maximum Gasteiger partial charge on any atom is 0.0561 e. The van der Waals surface area contributed by atoms with Crippen LogP contribution in [0.5, 0.6) is 0 Å². The molecule has 0 fully saturated rings. The van der Waals surface area contributed by atoms with E-state index in [1.54, 1.807) is 0 Å². The molecular weight excluding hydrogens is 835 g/mol. The number of benzene rings is 10. The second kappa shape index (κ2) is 14.9. The third-order valence-corrected chi connectivity index (χ3v) is 15.3. The molecule has 3 heteroatoms. The second-order valence-electron chi connectivity index (χ2n) is 19.0. The van der Waals surface area contributed by atoms with E-state index in [0.717, 1.165) is 31.4 Å². The molecule has 0 saturated heterocycles. The van der Waals surface area contributed by atoms with Crippen LogP contribution in [-0.2, 0) is 6.42 Å². The quantitative estimate of drug-likeness (QED) is 0.164. The molecule has 2 aliphatic rings. The molecule has 0 atom stereocenters. The summed E-state index contributed by atoms with van der Waals surface area (Å²) in [6.07, 6.45) is 15.9. The Balaban J connectivity index is 0.919. The van der Waals surface area contributed by atoms with Gasteiger partial charge in [0.15, 0.2) is 0 Å². The van der Waals surface area contributed by atoms with E-state index in [1.165, 1.54) is 132 Å². The van der Waals surface area contributed by atoms with E-state index in [-0.39, 0.29) is 0 Å². The Morgan fingerprint density at radius 2 is 0.928 bits per heavy atom. The molecule has 13 aromatic rings. The van der Waals surface area contributed by atoms with E-state index >= 15 is 0 Å². The van der Waals surface area contributed by atoms with Gasteiger partial charge in [0.25, 0.3) is 0 Å². The topological polar surface area (TPSA) is 14.8 Å². The Hall–Kier alpha value is -8.66. The van der Waals surface area contributed by atoms with E-state index in [9.17, 15) is 0 Å². The van der Waals surface area contributed by atoms with Crippen LogP contribution < -0.4 is 0 Å². The lowest BCUT2D eigenvalue weighted by Gasteiger charge is -2.19. The number of hydrogen-bond donors (Lipinski definition) is 0. The Morgan fingerprint density at radius 3 is 1.67 bits per heavy atom. The lowest BCUT2D eigenvalue weighted by atomic mass is 9.90. The van der Waals surface area contributed by atoms with Gasteiger partial charge < -0.3 is 13.7 Å². The Morgan fingerprint density at radius 1 is 0.348 bits per heavy atom. The van der Waals surface area contributed by atoms with Gasteiger partial charge in [-0.15, -0.1) is 0 Å². The number of hydrogen-bond acceptors (Lipinski definition) is 0. The van der Waals surface area contributed by atoms with Gasteiger partial charge in [-0.05, 0) is 136 Å². The van der Waals surface area contributed by atoms with Gasteiger partial charge in [-0.25, -0.2) is 0 Å². The summed E-state index contributed by atoms with van der Waals surface area (Å²) in [4.78, 5) is 0. The zero-order valence-electron chi connectivity index (χ0n) is 38.0. The summed E-state index contributed by atoms with van der Waals surface area (Å²) in [6, 6.07) is 73.0. The molecular formula is C66H45N3. The minimum atomic E-state index is 1.05. The molecule has 3 nitrogen and oxygen atoms in total. The molecule has 0 aliphatic heterocycles. The van der Waals surface area contributed by atoms with Gasteiger partial charge in [-0.2, -0.15) is 0 Å². The van der Waals surface area contributed by atoms with Crippen molar-refractivity contribution in [3.63, 3.8) is 0 Å². The van der Waals surface area contributed by atoms with Crippen molar-refractivity contribution in [1.82, 2.24) is 13.7 Å². The predicted octanol–water partition coefficient (Wildman–Crippen LogP) is 17.8. The number of aromatic nitrogens is 3. The highest BCUT2D eigenvalue weighted by molar-refractivity contribution is 6.16. The van der Waals surface area contributed by atoms with Crippen molar-refractivity contribution < 1.29 is 0 Å². The summed E-state index contributed by atoms with van der Waals surface area (Å²) in [7, 11) is 0. The van der Waals surface area contributed by atoms with Crippen molar-refractivity contribution >= 4 is 98.7 Å². The molecule has 0 radical (unpaired) electrons. The molecule has 3 aromatic heterocycles. The van der Waals surface area contributed by atoms with Gasteiger partial charge in [0.05, 0.1) is 38.8 Å². The summed E-state index contributed by atoms with van der Waals surface area (Å²) in [5.74, 6) is 0. The molecule has 3 heterocycles. The third kappa shape index (κ3) is 5.68. The molecule has 0 amide bonds. The molecule has 2 aliphatic carbocycles. The minimum Gasteiger partial charge on any atom is -0.310 e. The number of fused-ring (bicyclic) bond motifs is 13. The van der Waals surface area contributed by atoms with Crippen LogP contribution in [0, 0.1) is 0 Å². The SMILES string of the molecule is C1=CC(n2c3ccccc3c3ccc(-n4c5ccccc5c5cc(-c6cccc7cccc(-c8ccc9c%10ccccc%10n(-c%10cc%11c(c%12ccccc%10%12)CCC=C%11)c9c8)c67)ccc54)cc32)=CCC1. The van der Waals surface area contributed by atoms with Crippen LogP contribution in [0.2, 0.25) is 0 Å². The summed E-state index contributed by atoms with van der Waals surface area (Å²) in [5.41, 5.74) is 18.6. The third-order valence-electron chi connectivity index (χ3n) is 15.3. The van der Waals surface area contributed by atoms with Crippen LogP contribution >= 0.6 is 0 Å². The highest BCUT2D eigenvalue weighted by Crippen LogP contribution is 2.44. The highest BCUT2D eigenvalue weighted by Gasteiger charge is 2.22. The van der Waals surface area contributed by atoms with Crippen LogP contribution in [0.25, 0.3) is 132 Å². The van der Waals surface area contributed by atoms with Crippen molar-refractivity contribution in [2.75, 3.05) is 0 Å². The summed E-state index contributed by atoms with van der Waals surface area (Å²) < 4.78 is 7.45. The van der Waals surface area contributed by atoms with Gasteiger partial charge >= 0.3 is 0 Å². The largest absolute Gasteiger partial charge is 0.310 e. The summed E-state index contributed by atoms with van der Waals surface area (Å²) in [6.45, 7) is 0. The fraction of sp³-hybridized carbons (Fsp3) is 0.0606. The fourth-order valence-electron chi connectivity index (χ4n) is 12.3. The minimum absolute atomic E-state index is 1.05. The maximum atomic E-state index is 2.52. The zero-order chi connectivity index (χ0) is 45.2. The number of rotatable bonds is 5. The van der Waals surface area contributed by atoms with Crippen molar-refractivity contribution in [3.05, 3.63) is 230 Å². The first-order valence-electron chi connectivity index (χ1n) is 24.5. The van der Waals surface area contributed by atoms with Crippen LogP contribution in [0.15, 0.2) is 218 Å². The molecule has 0 bridgehead atoms. The molecule has 10 aromatic carbocycles. The van der Waals surface area contributed by atoms with E-state index in [2.05, 4.69) is 238 Å². The lowest BCUT2D eigenvalue weighted by Crippen LogP contribution is -2.02. The molecule has 0 saturated carbocycles. The first-order valence-corrected chi connectivity index (χ1v) is 24.5. The fourth-order valence-corrected chi connectivity index (χ4v) is 12.3. The normalized spacial score (nSPS) is 13.8. The van der Waals surface area contributed by atoms with E-state index in [0.29, 0.717) is 0 Å². The monoisotopic (exact) mass is 879 g/mol. The van der Waals surface area contributed by atoms with E-state index in [4.69, 9.17) is 0 Å². The number of nitrogens with zero attached hydrogens (tertiary/aromatic N) is 3. The van der Waals surface area contributed by atoms with Crippen molar-refractivity contribution in [3.8, 4) is 33.6 Å². The van der Waals surface area contributed by atoms with E-state index in [1.807, 2.05) is 0 Å². The van der Waals surface area contributed by atoms with Gasteiger partial charge in [-0.1, -0.05) is 164 Å². The van der Waals surface area contributed by atoms with Crippen LogP contribution in [0.3, 0.4) is 0 Å². The van der Waals surface area contributed by atoms with Gasteiger partial charge in [-0.3, -0.25) is 0 Å². The highest BCUT2D eigenvalue weighted by atomic mass is 15.0. The van der Waals surface area contributed by atoms with Crippen LogP contribution in [0.1, 0.15) is 30.4 Å². The predicted molar refractivity (Wildman–Crippen MR) is 294 cm³/mol. The first kappa shape index (κ1) is 38.4. The number of allylic oxidation sites excluding steroid dienone is 5. The standard InChI is InChI=1S/C66H45N3/c1-2-19-46(20-3-1)67-59-29-11-8-24-53(59)57-36-34-47(41-65(57)67)68-60-30-12-10-26-55(60)58-38-44(33-37-62(58)68)49-27-14-17-42-18-15-28-50(66(42)49)45-32-35-56-54-25-9-13-31-61(54)69(64(56)40-45)63-39-43-16-4-5-21-48(43)51-22-6-7-23-52(51)63/h2,4,6-20,22-41H,1,3,5,21H2. The Bertz CT molecular complexity index is 4420. The number of para-hydroxylation sites is 3. The zero-order valence-corrected chi connectivity index (χ0v) is 38.0. The Kier molecular flexibility index (Phi) is 8.31. The lowest BCUT2D eigenvalue weighted by molar-refractivity contribution is 0.995. The van der Waals surface area contributed by atoms with Gasteiger partial charge in [0.1, 0.15) is 0 Å². The molecule has 0 spiro atoms. The summed E-state index contributed by atoms with van der Waals surface area (Å²) in [5, 5.41) is 12.7. The van der Waals surface area contributed by atoms with Crippen molar-refractivity contribution in [1.29, 1.82) is 0 Å². The molecule has 0 unspecified atom stereocenters. The second-order valence-corrected chi connectivity index (χ2v) is 19.0. The smallest absolute Gasteiger partial charge is 0.0561 e. The average molecular weight is 880 g/mol. The average Bonchev–Trinajstić information content (AvgIpc) is 4.05. The van der Waals surface area contributed by atoms with Crippen molar-refractivity contribution in [2.24, 2.45) is 0 Å². The Labute approximate surface area is 399 Å². The van der Waals surface area contributed by atoms with Crippen LogP contribution in [-0.4, -0.2) is 13.7 Å². The molecule has 69 heavy (non-hydrogen) atoms. The maximum absolute atomic E-state index is 2.52. The van der Waals surface area contributed by atoms with Crippen LogP contribution in [0.4, 0.5) is 0 Å². The van der Waals surface area contributed by atoms with Gasteiger partial charge in [0, 0.05) is 49.1 Å². The summed E-state index contributed by atoms with van der Waals surface area (Å²) >= 11 is 0. The molecule has 15 rings (SSSR count). The molecule has 0 N–H and O–H groups in total. The number of aryl methyl sites for hydroxylation is 1. The first-order chi connectivity index (χ1) is 34.2. The van der Waals surface area contributed by atoms with E-state index < -0.39 is 0 Å². The van der Waals surface area contributed by atoms with Gasteiger partial charge in [0.2, 0.25) is 0 Å².